The third-order valence-electron chi connectivity index (χ3n) is 5.70. The maximum Gasteiger partial charge on any atom is 0.336 e. The van der Waals surface area contributed by atoms with Crippen LogP contribution in [0.3, 0.4) is 0 Å². The van der Waals surface area contributed by atoms with Gasteiger partial charge in [0.05, 0.1) is 44.8 Å². The Morgan fingerprint density at radius 3 is 2.09 bits per heavy atom. The molecule has 1 aromatic carbocycles. The summed E-state index contributed by atoms with van der Waals surface area (Å²) in [5, 5.41) is 3.56. The Morgan fingerprint density at radius 1 is 0.971 bits per heavy atom. The number of dihydropyridines is 1. The van der Waals surface area contributed by atoms with Crippen LogP contribution in [-0.4, -0.2) is 48.8 Å². The van der Waals surface area contributed by atoms with Crippen molar-refractivity contribution in [1.29, 1.82) is 0 Å². The molecule has 0 radical (unpaired) electrons. The van der Waals surface area contributed by atoms with Gasteiger partial charge in [-0.15, -0.1) is 0 Å². The lowest BCUT2D eigenvalue weighted by Gasteiger charge is -2.33. The first-order valence-electron chi connectivity index (χ1n) is 10.6. The van der Waals surface area contributed by atoms with Gasteiger partial charge in [0.2, 0.25) is 0 Å². The first kappa shape index (κ1) is 26.3. The molecule has 1 aromatic heterocycles. The van der Waals surface area contributed by atoms with E-state index in [0.29, 0.717) is 24.1 Å². The molecule has 0 bridgehead atoms. The predicted molar refractivity (Wildman–Crippen MR) is 129 cm³/mol. The zero-order valence-electron chi connectivity index (χ0n) is 19.7. The van der Waals surface area contributed by atoms with Crippen LogP contribution >= 0.6 is 23.2 Å². The van der Waals surface area contributed by atoms with Gasteiger partial charge in [0.1, 0.15) is 5.82 Å². The molecule has 3 rings (SSSR count). The summed E-state index contributed by atoms with van der Waals surface area (Å²) < 4.78 is 16.8. The monoisotopic (exact) mass is 521 g/mol. The van der Waals surface area contributed by atoms with E-state index in [9.17, 15) is 14.4 Å². The van der Waals surface area contributed by atoms with Gasteiger partial charge in [-0.25, -0.2) is 14.6 Å². The summed E-state index contributed by atoms with van der Waals surface area (Å²) in [6.45, 7) is 0. The first-order chi connectivity index (χ1) is 16.7. The number of esters is 3. The summed E-state index contributed by atoms with van der Waals surface area (Å²) in [6.07, 6.45) is 3.97. The molecule has 0 saturated heterocycles. The number of hydrogen-bond donors (Lipinski definition) is 1. The number of ether oxygens (including phenoxy) is 3. The van der Waals surface area contributed by atoms with Crippen molar-refractivity contribution >= 4 is 41.1 Å². The number of hydrogen-bond acceptors (Lipinski definition) is 8. The standard InChI is InChI=1S/C24H25Cl2N3O6/c1-29-11-10-27-17(29)9-8-15-20(23(31)34-3)22(19-13(25)6-5-7-14(19)26)21(24(32)35-4)16(28-15)12-18(30)33-2/h5-7,10-11,22,28H,8-9,12H2,1-4H3. The topological polar surface area (TPSA) is 109 Å². The molecular weight excluding hydrogens is 497 g/mol. The number of rotatable bonds is 8. The Hall–Kier alpha value is -3.30. The molecule has 0 saturated carbocycles. The fraction of sp³-hybridized carbons (Fsp3) is 0.333. The number of benzene rings is 1. The van der Waals surface area contributed by atoms with Gasteiger partial charge < -0.3 is 24.1 Å². The molecule has 1 N–H and O–H groups in total. The Morgan fingerprint density at radius 2 is 1.57 bits per heavy atom. The van der Waals surface area contributed by atoms with Gasteiger partial charge in [0.25, 0.3) is 0 Å². The van der Waals surface area contributed by atoms with Crippen LogP contribution in [0.2, 0.25) is 10.0 Å². The number of halogens is 2. The van der Waals surface area contributed by atoms with Crippen molar-refractivity contribution < 1.29 is 28.6 Å². The Kier molecular flexibility index (Phi) is 8.58. The average molecular weight is 522 g/mol. The highest BCUT2D eigenvalue weighted by atomic mass is 35.5. The van der Waals surface area contributed by atoms with E-state index in [1.807, 2.05) is 17.8 Å². The summed E-state index contributed by atoms with van der Waals surface area (Å²) in [6, 6.07) is 4.85. The molecule has 2 heterocycles. The van der Waals surface area contributed by atoms with Crippen LogP contribution in [0.5, 0.6) is 0 Å². The second kappa shape index (κ2) is 11.4. The Bertz CT molecular complexity index is 1200. The predicted octanol–water partition coefficient (Wildman–Crippen LogP) is 3.46. The number of methoxy groups -OCH3 is 3. The minimum absolute atomic E-state index is 0.00837. The molecule has 9 nitrogen and oxygen atoms in total. The van der Waals surface area contributed by atoms with Crippen LogP contribution in [0.25, 0.3) is 0 Å². The molecule has 2 aromatic rings. The summed E-state index contributed by atoms with van der Waals surface area (Å²) in [5.41, 5.74) is 1.11. The smallest absolute Gasteiger partial charge is 0.336 e. The van der Waals surface area contributed by atoms with Crippen LogP contribution in [0.1, 0.15) is 30.1 Å². The number of imidazole rings is 1. The van der Waals surface area contributed by atoms with Gasteiger partial charge >= 0.3 is 17.9 Å². The normalized spacial score (nSPS) is 15.5. The first-order valence-corrected chi connectivity index (χ1v) is 11.4. The van der Waals surface area contributed by atoms with Crippen molar-refractivity contribution in [2.75, 3.05) is 21.3 Å². The number of carbonyl (C=O) groups excluding carboxylic acids is 3. The SMILES string of the molecule is COC(=O)CC1=C(C(=O)OC)C(c2c(Cl)cccc2Cl)C(C(=O)OC)=C(CCc2nccn2C)N1. The number of carbonyl (C=O) groups is 3. The Labute approximate surface area is 212 Å². The summed E-state index contributed by atoms with van der Waals surface area (Å²) in [7, 11) is 5.54. The van der Waals surface area contributed by atoms with Crippen molar-refractivity contribution in [3.63, 3.8) is 0 Å². The lowest BCUT2D eigenvalue weighted by molar-refractivity contribution is -0.139. The molecule has 0 amide bonds. The van der Waals surface area contributed by atoms with E-state index in [2.05, 4.69) is 10.3 Å². The highest BCUT2D eigenvalue weighted by Gasteiger charge is 2.41. The van der Waals surface area contributed by atoms with Gasteiger partial charge in [-0.2, -0.15) is 0 Å². The third-order valence-corrected chi connectivity index (χ3v) is 6.36. The van der Waals surface area contributed by atoms with Gasteiger partial charge in [-0.3, -0.25) is 4.79 Å². The van der Waals surface area contributed by atoms with Crippen LogP contribution < -0.4 is 5.32 Å². The van der Waals surface area contributed by atoms with E-state index in [1.165, 1.54) is 21.3 Å². The molecule has 0 spiro atoms. The minimum Gasteiger partial charge on any atom is -0.469 e. The number of aryl methyl sites for hydroxylation is 2. The average Bonchev–Trinajstić information content (AvgIpc) is 3.25. The molecule has 186 valence electrons. The zero-order valence-corrected chi connectivity index (χ0v) is 21.2. The molecule has 0 fully saturated rings. The quantitative estimate of drug-likeness (QED) is 0.415. The minimum atomic E-state index is -1.06. The second-order valence-electron chi connectivity index (χ2n) is 7.67. The number of allylic oxidation sites excluding steroid dienone is 1. The largest absolute Gasteiger partial charge is 0.469 e. The second-order valence-corrected chi connectivity index (χ2v) is 8.48. The van der Waals surface area contributed by atoms with Crippen molar-refractivity contribution in [2.24, 2.45) is 7.05 Å². The van der Waals surface area contributed by atoms with Gasteiger partial charge in [-0.1, -0.05) is 29.3 Å². The fourth-order valence-corrected chi connectivity index (χ4v) is 4.63. The number of nitrogens with zero attached hydrogens (tertiary/aromatic N) is 2. The van der Waals surface area contributed by atoms with Crippen LogP contribution in [0.4, 0.5) is 0 Å². The van der Waals surface area contributed by atoms with E-state index in [-0.39, 0.29) is 33.3 Å². The molecule has 1 aliphatic rings. The molecular formula is C24H25Cl2N3O6. The number of aromatic nitrogens is 2. The maximum atomic E-state index is 13.2. The highest BCUT2D eigenvalue weighted by Crippen LogP contribution is 2.45. The molecule has 1 unspecified atom stereocenters. The van der Waals surface area contributed by atoms with Gasteiger partial charge in [0.15, 0.2) is 0 Å². The number of nitrogens with one attached hydrogen (secondary N) is 1. The lowest BCUT2D eigenvalue weighted by atomic mass is 9.78. The van der Waals surface area contributed by atoms with Crippen LogP contribution in [-0.2, 0) is 42.1 Å². The Balaban J connectivity index is 2.28. The molecule has 1 aliphatic heterocycles. The maximum absolute atomic E-state index is 13.2. The van der Waals surface area contributed by atoms with E-state index >= 15 is 0 Å². The summed E-state index contributed by atoms with van der Waals surface area (Å²) >= 11 is 13.1. The van der Waals surface area contributed by atoms with Gasteiger partial charge in [-0.05, 0) is 18.6 Å². The van der Waals surface area contributed by atoms with E-state index in [4.69, 9.17) is 37.4 Å². The van der Waals surface area contributed by atoms with Gasteiger partial charge in [0, 0.05) is 52.9 Å². The summed E-state index contributed by atoms with van der Waals surface area (Å²) in [5.74, 6) is -2.34. The van der Waals surface area contributed by atoms with Crippen molar-refractivity contribution in [1.82, 2.24) is 14.9 Å². The lowest BCUT2D eigenvalue weighted by Crippen LogP contribution is -2.35. The van der Waals surface area contributed by atoms with Crippen LogP contribution in [0.15, 0.2) is 53.1 Å². The third kappa shape index (κ3) is 5.52. The van der Waals surface area contributed by atoms with Crippen molar-refractivity contribution in [2.45, 2.75) is 25.2 Å². The molecule has 35 heavy (non-hydrogen) atoms. The van der Waals surface area contributed by atoms with E-state index in [0.717, 1.165) is 5.82 Å². The molecule has 1 atom stereocenters. The van der Waals surface area contributed by atoms with Crippen LogP contribution in [0, 0.1) is 0 Å². The molecule has 0 aliphatic carbocycles. The molecule has 11 heteroatoms. The van der Waals surface area contributed by atoms with Crippen molar-refractivity contribution in [3.8, 4) is 0 Å². The fourth-order valence-electron chi connectivity index (χ4n) is 4.01. The van der Waals surface area contributed by atoms with E-state index in [1.54, 1.807) is 24.4 Å². The van der Waals surface area contributed by atoms with E-state index < -0.39 is 23.8 Å². The zero-order chi connectivity index (χ0) is 25.7. The summed E-state index contributed by atoms with van der Waals surface area (Å²) in [4.78, 5) is 42.8. The van der Waals surface area contributed by atoms with Crippen molar-refractivity contribution in [3.05, 3.63) is 74.6 Å². The highest BCUT2D eigenvalue weighted by molar-refractivity contribution is 6.36.